The van der Waals surface area contributed by atoms with Gasteiger partial charge in [-0.1, -0.05) is 0 Å². The lowest BCUT2D eigenvalue weighted by molar-refractivity contribution is -0.147. The lowest BCUT2D eigenvalue weighted by atomic mass is 10.1. The molecule has 0 radical (unpaired) electrons. The van der Waals surface area contributed by atoms with Gasteiger partial charge in [0.1, 0.15) is 5.82 Å². The fraction of sp³-hybridized carbons (Fsp3) is 0.364. The number of ether oxygens (including phenoxy) is 2. The van der Waals surface area contributed by atoms with Crippen LogP contribution in [0.2, 0.25) is 0 Å². The molecule has 0 saturated carbocycles. The number of hydrogen-bond donors (Lipinski definition) is 2. The third kappa shape index (κ3) is 2.31. The normalized spacial score (nSPS) is 16.1. The molecule has 0 aromatic heterocycles. The molecule has 0 aliphatic carbocycles. The molecule has 0 fully saturated rings. The first kappa shape index (κ1) is 11.7. The predicted molar refractivity (Wildman–Crippen MR) is 54.6 cm³/mol. The van der Waals surface area contributed by atoms with Gasteiger partial charge >= 0.3 is 5.97 Å². The van der Waals surface area contributed by atoms with Crippen LogP contribution in [-0.4, -0.2) is 29.4 Å². The van der Waals surface area contributed by atoms with Crippen molar-refractivity contribution >= 4 is 5.97 Å². The molecule has 6 heteroatoms. The van der Waals surface area contributed by atoms with Crippen molar-refractivity contribution in [3.05, 3.63) is 23.5 Å². The Morgan fingerprint density at radius 3 is 2.47 bits per heavy atom. The summed E-state index contributed by atoms with van der Waals surface area (Å²) in [6, 6.07) is 2.19. The number of benzene rings is 1. The Balaban J connectivity index is 2.42. The van der Waals surface area contributed by atoms with E-state index in [1.807, 2.05) is 0 Å². The summed E-state index contributed by atoms with van der Waals surface area (Å²) in [4.78, 5) is 10.6. The summed E-state index contributed by atoms with van der Waals surface area (Å²) < 4.78 is 24.1. The Bertz CT molecular complexity index is 446. The van der Waals surface area contributed by atoms with Crippen LogP contribution in [0.5, 0.6) is 11.5 Å². The Morgan fingerprint density at radius 2 is 1.88 bits per heavy atom. The van der Waals surface area contributed by atoms with E-state index in [0.29, 0.717) is 19.6 Å². The Labute approximate surface area is 96.4 Å². The molecule has 0 spiro atoms. The van der Waals surface area contributed by atoms with Gasteiger partial charge in [0.2, 0.25) is 0 Å². The van der Waals surface area contributed by atoms with Gasteiger partial charge in [-0.25, -0.2) is 9.18 Å². The second-order valence-corrected chi connectivity index (χ2v) is 3.61. The third-order valence-corrected chi connectivity index (χ3v) is 2.40. The van der Waals surface area contributed by atoms with Crippen LogP contribution in [-0.2, 0) is 4.79 Å². The Hall–Kier alpha value is -1.82. The van der Waals surface area contributed by atoms with Crippen LogP contribution >= 0.6 is 0 Å². The van der Waals surface area contributed by atoms with Gasteiger partial charge in [-0.3, -0.25) is 0 Å². The zero-order valence-corrected chi connectivity index (χ0v) is 8.85. The van der Waals surface area contributed by atoms with E-state index < -0.39 is 17.9 Å². The molecule has 1 aromatic carbocycles. The van der Waals surface area contributed by atoms with Crippen molar-refractivity contribution in [2.45, 2.75) is 12.5 Å². The van der Waals surface area contributed by atoms with E-state index in [0.717, 1.165) is 12.1 Å². The number of aliphatic hydroxyl groups is 1. The van der Waals surface area contributed by atoms with Gasteiger partial charge in [-0.05, 0) is 6.07 Å². The molecule has 1 heterocycles. The lowest BCUT2D eigenvalue weighted by Gasteiger charge is -2.12. The molecule has 0 amide bonds. The SMILES string of the molecule is O=C(O)C(O)c1cc2c(cc1F)OCCCO2. The van der Waals surface area contributed by atoms with Crippen molar-refractivity contribution < 1.29 is 28.9 Å². The van der Waals surface area contributed by atoms with Gasteiger partial charge in [-0.15, -0.1) is 0 Å². The van der Waals surface area contributed by atoms with Crippen LogP contribution in [0.15, 0.2) is 12.1 Å². The summed E-state index contributed by atoms with van der Waals surface area (Å²) in [5.41, 5.74) is -0.332. The van der Waals surface area contributed by atoms with E-state index >= 15 is 0 Å². The van der Waals surface area contributed by atoms with E-state index in [1.165, 1.54) is 0 Å². The standard InChI is InChI=1S/C11H11FO5/c12-7-5-9-8(16-2-1-3-17-9)4-6(7)10(13)11(14)15/h4-5,10,13H,1-3H2,(H,14,15). The zero-order valence-electron chi connectivity index (χ0n) is 8.85. The minimum atomic E-state index is -1.91. The van der Waals surface area contributed by atoms with Crippen LogP contribution in [0.3, 0.4) is 0 Å². The molecule has 1 aromatic rings. The number of aliphatic hydroxyl groups excluding tert-OH is 1. The first-order valence-corrected chi connectivity index (χ1v) is 5.09. The summed E-state index contributed by atoms with van der Waals surface area (Å²) in [5, 5.41) is 17.9. The molecule has 0 bridgehead atoms. The summed E-state index contributed by atoms with van der Waals surface area (Å²) >= 11 is 0. The van der Waals surface area contributed by atoms with Crippen molar-refractivity contribution in [3.8, 4) is 11.5 Å². The van der Waals surface area contributed by atoms with Gasteiger partial charge in [0.15, 0.2) is 17.6 Å². The van der Waals surface area contributed by atoms with Gasteiger partial charge in [0, 0.05) is 18.1 Å². The number of carbonyl (C=O) groups is 1. The topological polar surface area (TPSA) is 76.0 Å². The zero-order chi connectivity index (χ0) is 12.4. The summed E-state index contributed by atoms with van der Waals surface area (Å²) in [5.74, 6) is -1.87. The van der Waals surface area contributed by atoms with Crippen LogP contribution in [0.4, 0.5) is 4.39 Å². The lowest BCUT2D eigenvalue weighted by Crippen LogP contribution is -2.12. The smallest absolute Gasteiger partial charge is 0.337 e. The maximum atomic E-state index is 13.6. The fourth-order valence-corrected chi connectivity index (χ4v) is 1.54. The Morgan fingerprint density at radius 1 is 1.29 bits per heavy atom. The molecular formula is C11H11FO5. The average Bonchev–Trinajstić information content (AvgIpc) is 2.51. The second kappa shape index (κ2) is 4.58. The molecule has 1 atom stereocenters. The van der Waals surface area contributed by atoms with E-state index in [2.05, 4.69) is 0 Å². The highest BCUT2D eigenvalue weighted by molar-refractivity contribution is 5.74. The van der Waals surface area contributed by atoms with Crippen LogP contribution in [0.25, 0.3) is 0 Å². The number of aliphatic carboxylic acids is 1. The Kier molecular flexibility index (Phi) is 3.14. The largest absolute Gasteiger partial charge is 0.490 e. The van der Waals surface area contributed by atoms with Crippen molar-refractivity contribution in [2.24, 2.45) is 0 Å². The molecule has 92 valence electrons. The molecule has 1 unspecified atom stereocenters. The van der Waals surface area contributed by atoms with Crippen molar-refractivity contribution in [2.75, 3.05) is 13.2 Å². The van der Waals surface area contributed by atoms with E-state index in [-0.39, 0.29) is 17.1 Å². The first-order valence-electron chi connectivity index (χ1n) is 5.09. The molecule has 2 rings (SSSR count). The number of fused-ring (bicyclic) bond motifs is 1. The van der Waals surface area contributed by atoms with Crippen LogP contribution in [0.1, 0.15) is 18.1 Å². The summed E-state index contributed by atoms with van der Waals surface area (Å²) in [7, 11) is 0. The van der Waals surface area contributed by atoms with Crippen LogP contribution < -0.4 is 9.47 Å². The van der Waals surface area contributed by atoms with E-state index in [1.54, 1.807) is 0 Å². The highest BCUT2D eigenvalue weighted by Gasteiger charge is 2.23. The fourth-order valence-electron chi connectivity index (χ4n) is 1.54. The minimum absolute atomic E-state index is 0.223. The number of rotatable bonds is 2. The van der Waals surface area contributed by atoms with Crippen molar-refractivity contribution in [1.29, 1.82) is 0 Å². The second-order valence-electron chi connectivity index (χ2n) is 3.61. The molecule has 17 heavy (non-hydrogen) atoms. The third-order valence-electron chi connectivity index (χ3n) is 2.40. The molecule has 1 aliphatic heterocycles. The van der Waals surface area contributed by atoms with Gasteiger partial charge in [0.25, 0.3) is 0 Å². The van der Waals surface area contributed by atoms with Gasteiger partial charge < -0.3 is 19.7 Å². The van der Waals surface area contributed by atoms with E-state index in [9.17, 15) is 14.3 Å². The van der Waals surface area contributed by atoms with Gasteiger partial charge in [-0.2, -0.15) is 0 Å². The number of hydrogen-bond acceptors (Lipinski definition) is 4. The quantitative estimate of drug-likeness (QED) is 0.812. The maximum Gasteiger partial charge on any atom is 0.337 e. The highest BCUT2D eigenvalue weighted by Crippen LogP contribution is 2.34. The first-order chi connectivity index (χ1) is 8.09. The molecular weight excluding hydrogens is 231 g/mol. The minimum Gasteiger partial charge on any atom is -0.490 e. The molecule has 0 saturated heterocycles. The summed E-state index contributed by atoms with van der Waals surface area (Å²) in [6.07, 6.45) is -1.25. The van der Waals surface area contributed by atoms with Crippen molar-refractivity contribution in [1.82, 2.24) is 0 Å². The van der Waals surface area contributed by atoms with Crippen LogP contribution in [0, 0.1) is 5.82 Å². The molecule has 2 N–H and O–H groups in total. The molecule has 1 aliphatic rings. The highest BCUT2D eigenvalue weighted by atomic mass is 19.1. The average molecular weight is 242 g/mol. The molecule has 5 nitrogen and oxygen atoms in total. The van der Waals surface area contributed by atoms with E-state index in [4.69, 9.17) is 14.6 Å². The number of halogens is 1. The number of carboxylic acids is 1. The maximum absolute atomic E-state index is 13.6. The van der Waals surface area contributed by atoms with Crippen molar-refractivity contribution in [3.63, 3.8) is 0 Å². The summed E-state index contributed by atoms with van der Waals surface area (Å²) in [6.45, 7) is 0.814. The number of carboxylic acid groups (broad SMARTS) is 1. The monoisotopic (exact) mass is 242 g/mol. The van der Waals surface area contributed by atoms with Gasteiger partial charge in [0.05, 0.1) is 13.2 Å². The predicted octanol–water partition coefficient (Wildman–Crippen LogP) is 1.10.